The van der Waals surface area contributed by atoms with Gasteiger partial charge in [-0.3, -0.25) is 5.32 Å². The normalized spacial score (nSPS) is 17.8. The zero-order chi connectivity index (χ0) is 20.1. The molecule has 1 aliphatic heterocycles. The molecule has 0 bridgehead atoms. The number of methoxy groups -OCH3 is 1. The van der Waals surface area contributed by atoms with Gasteiger partial charge in [-0.15, -0.1) is 0 Å². The van der Waals surface area contributed by atoms with Crippen LogP contribution in [0.5, 0.6) is 5.75 Å². The highest BCUT2D eigenvalue weighted by Crippen LogP contribution is 2.35. The lowest BCUT2D eigenvalue weighted by Gasteiger charge is -2.40. The molecular weight excluding hydrogens is 371 g/mol. The Kier molecular flexibility index (Phi) is 6.19. The van der Waals surface area contributed by atoms with Crippen molar-refractivity contribution >= 4 is 12.1 Å². The van der Waals surface area contributed by atoms with E-state index in [9.17, 15) is 22.8 Å². The lowest BCUT2D eigenvalue weighted by atomic mass is 9.84. The molecule has 1 aromatic rings. The second-order valence-corrected chi connectivity index (χ2v) is 6.13. The number of benzene rings is 1. The monoisotopic (exact) mass is 391 g/mol. The van der Waals surface area contributed by atoms with Gasteiger partial charge in [-0.2, -0.15) is 13.2 Å². The molecule has 1 heterocycles. The van der Waals surface area contributed by atoms with Crippen LogP contribution >= 0.6 is 0 Å². The molecule has 0 radical (unpaired) electrons. The van der Waals surface area contributed by atoms with Crippen LogP contribution in [0.15, 0.2) is 30.3 Å². The molecule has 0 saturated carbocycles. The number of amides is 1. The van der Waals surface area contributed by atoms with E-state index in [1.165, 1.54) is 29.6 Å². The fourth-order valence-corrected chi connectivity index (χ4v) is 2.35. The van der Waals surface area contributed by atoms with E-state index in [4.69, 9.17) is 14.2 Å². The summed E-state index contributed by atoms with van der Waals surface area (Å²) in [4.78, 5) is 24.0. The minimum absolute atomic E-state index is 0.157. The van der Waals surface area contributed by atoms with Crippen molar-refractivity contribution in [3.05, 3.63) is 30.3 Å². The molecule has 1 aliphatic rings. The standard InChI is InChI=1S/C17H20F3NO6/c1-3-15(9-25-10-15)11-26-14(23)21-16(13(22)24-2,17(18,19)20)27-12-7-5-4-6-8-12/h4-8H,3,9-11H2,1-2H3,(H,21,23). The van der Waals surface area contributed by atoms with E-state index >= 15 is 0 Å². The fourth-order valence-electron chi connectivity index (χ4n) is 2.35. The van der Waals surface area contributed by atoms with Gasteiger partial charge in [0.05, 0.1) is 25.7 Å². The number of alkyl halides is 3. The Balaban J connectivity index is 2.22. The van der Waals surface area contributed by atoms with Crippen molar-refractivity contribution in [1.82, 2.24) is 5.32 Å². The molecule has 0 aromatic heterocycles. The van der Waals surface area contributed by atoms with Crippen LogP contribution in [-0.4, -0.2) is 50.9 Å². The van der Waals surface area contributed by atoms with Crippen molar-refractivity contribution in [2.24, 2.45) is 5.41 Å². The minimum Gasteiger partial charge on any atom is -0.464 e. The second kappa shape index (κ2) is 8.03. The maximum Gasteiger partial charge on any atom is 0.461 e. The van der Waals surface area contributed by atoms with Gasteiger partial charge < -0.3 is 18.9 Å². The number of hydrogen-bond acceptors (Lipinski definition) is 6. The van der Waals surface area contributed by atoms with Gasteiger partial charge >= 0.3 is 24.0 Å². The third-order valence-corrected chi connectivity index (χ3v) is 4.24. The smallest absolute Gasteiger partial charge is 0.461 e. The quantitative estimate of drug-likeness (QED) is 0.568. The van der Waals surface area contributed by atoms with Crippen LogP contribution in [0.3, 0.4) is 0 Å². The Morgan fingerprint density at radius 2 is 1.85 bits per heavy atom. The highest BCUT2D eigenvalue weighted by atomic mass is 19.4. The third kappa shape index (κ3) is 4.44. The highest BCUT2D eigenvalue weighted by molar-refractivity contribution is 5.85. The molecule has 150 valence electrons. The first kappa shape index (κ1) is 20.8. The predicted octanol–water partition coefficient (Wildman–Crippen LogP) is 2.65. The molecule has 27 heavy (non-hydrogen) atoms. The van der Waals surface area contributed by atoms with Crippen LogP contribution in [0.1, 0.15) is 13.3 Å². The number of alkyl carbamates (subject to hydrolysis) is 1. The van der Waals surface area contributed by atoms with Crippen molar-refractivity contribution in [2.45, 2.75) is 25.2 Å². The topological polar surface area (TPSA) is 83.1 Å². The molecule has 1 unspecified atom stereocenters. The number of para-hydroxylation sites is 1. The van der Waals surface area contributed by atoms with Crippen molar-refractivity contribution in [1.29, 1.82) is 0 Å². The van der Waals surface area contributed by atoms with Gasteiger partial charge in [-0.25, -0.2) is 9.59 Å². The average molecular weight is 391 g/mol. The molecule has 0 aliphatic carbocycles. The Morgan fingerprint density at radius 3 is 2.30 bits per heavy atom. The van der Waals surface area contributed by atoms with Gasteiger partial charge in [0.2, 0.25) is 0 Å². The number of esters is 1. The van der Waals surface area contributed by atoms with Gasteiger partial charge in [-0.05, 0) is 18.6 Å². The molecule has 1 atom stereocenters. The van der Waals surface area contributed by atoms with Crippen molar-refractivity contribution in [3.8, 4) is 5.75 Å². The van der Waals surface area contributed by atoms with Crippen LogP contribution in [-0.2, 0) is 19.0 Å². The predicted molar refractivity (Wildman–Crippen MR) is 85.9 cm³/mol. The van der Waals surface area contributed by atoms with E-state index in [0.717, 1.165) is 7.11 Å². The first-order valence-corrected chi connectivity index (χ1v) is 8.10. The molecule has 7 nitrogen and oxygen atoms in total. The summed E-state index contributed by atoms with van der Waals surface area (Å²) in [5, 5.41) is 1.49. The van der Waals surface area contributed by atoms with Crippen molar-refractivity contribution < 1.29 is 41.7 Å². The average Bonchev–Trinajstić information content (AvgIpc) is 2.59. The maximum absolute atomic E-state index is 13.8. The number of hydrogen-bond donors (Lipinski definition) is 1. The Hall–Kier alpha value is -2.49. The lowest BCUT2D eigenvalue weighted by Crippen LogP contribution is -2.68. The first-order valence-electron chi connectivity index (χ1n) is 8.10. The molecule has 1 amide bonds. The molecule has 1 aromatic carbocycles. The SMILES string of the molecule is CCC1(COC(=O)NC(Oc2ccccc2)(C(=O)OC)C(F)(F)F)COC1. The zero-order valence-electron chi connectivity index (χ0n) is 14.8. The van der Waals surface area contributed by atoms with Gasteiger partial charge in [0.1, 0.15) is 12.4 Å². The van der Waals surface area contributed by atoms with E-state index in [1.807, 2.05) is 6.92 Å². The first-order chi connectivity index (χ1) is 12.7. The Morgan fingerprint density at radius 1 is 1.22 bits per heavy atom. The van der Waals surface area contributed by atoms with Gasteiger partial charge in [0.25, 0.3) is 0 Å². The fraction of sp³-hybridized carbons (Fsp3) is 0.529. The zero-order valence-corrected chi connectivity index (χ0v) is 14.8. The van der Waals surface area contributed by atoms with Crippen LogP contribution in [0.25, 0.3) is 0 Å². The lowest BCUT2D eigenvalue weighted by molar-refractivity contribution is -0.260. The van der Waals surface area contributed by atoms with Crippen LogP contribution in [0.2, 0.25) is 0 Å². The molecule has 2 rings (SSSR count). The molecular formula is C17H20F3NO6. The van der Waals surface area contributed by atoms with E-state index in [0.29, 0.717) is 19.6 Å². The summed E-state index contributed by atoms with van der Waals surface area (Å²) in [7, 11) is 0.752. The van der Waals surface area contributed by atoms with Gasteiger partial charge in [0.15, 0.2) is 0 Å². The summed E-state index contributed by atoms with van der Waals surface area (Å²) >= 11 is 0. The summed E-state index contributed by atoms with van der Waals surface area (Å²) in [5.41, 5.74) is -4.19. The van der Waals surface area contributed by atoms with E-state index in [2.05, 4.69) is 4.74 Å². The second-order valence-electron chi connectivity index (χ2n) is 6.13. The number of rotatable bonds is 7. The number of halogens is 3. The molecule has 1 saturated heterocycles. The van der Waals surface area contributed by atoms with Crippen molar-refractivity contribution in [3.63, 3.8) is 0 Å². The molecule has 1 fully saturated rings. The molecule has 1 N–H and O–H groups in total. The largest absolute Gasteiger partial charge is 0.464 e. The number of carbonyl (C=O) groups is 2. The molecule has 10 heteroatoms. The van der Waals surface area contributed by atoms with Crippen LogP contribution < -0.4 is 10.1 Å². The third-order valence-electron chi connectivity index (χ3n) is 4.24. The molecule has 0 spiro atoms. The van der Waals surface area contributed by atoms with Crippen LogP contribution in [0.4, 0.5) is 18.0 Å². The number of nitrogens with one attached hydrogen (secondary N) is 1. The van der Waals surface area contributed by atoms with Crippen LogP contribution in [0, 0.1) is 5.41 Å². The van der Waals surface area contributed by atoms with E-state index < -0.39 is 29.4 Å². The summed E-state index contributed by atoms with van der Waals surface area (Å²) in [6, 6.07) is 6.77. The van der Waals surface area contributed by atoms with Gasteiger partial charge in [0, 0.05) is 0 Å². The Labute approximate surface area is 153 Å². The number of carbonyl (C=O) groups excluding carboxylic acids is 2. The summed E-state index contributed by atoms with van der Waals surface area (Å²) < 4.78 is 60.3. The maximum atomic E-state index is 13.8. The Bertz CT molecular complexity index is 657. The summed E-state index contributed by atoms with van der Waals surface area (Å²) in [5.74, 6) is -2.13. The van der Waals surface area contributed by atoms with Crippen molar-refractivity contribution in [2.75, 3.05) is 26.9 Å². The summed E-state index contributed by atoms with van der Waals surface area (Å²) in [6.07, 6.45) is -6.17. The minimum atomic E-state index is -5.32. The van der Waals surface area contributed by atoms with E-state index in [1.54, 1.807) is 6.07 Å². The van der Waals surface area contributed by atoms with Gasteiger partial charge in [-0.1, -0.05) is 25.1 Å². The highest BCUT2D eigenvalue weighted by Gasteiger charge is 2.66. The summed E-state index contributed by atoms with van der Waals surface area (Å²) in [6.45, 7) is 2.35. The van der Waals surface area contributed by atoms with E-state index in [-0.39, 0.29) is 12.4 Å². The number of ether oxygens (including phenoxy) is 4.